The van der Waals surface area contributed by atoms with Crippen molar-refractivity contribution in [2.24, 2.45) is 0 Å². The van der Waals surface area contributed by atoms with Crippen LogP contribution in [0.1, 0.15) is 46.0 Å². The predicted octanol–water partition coefficient (Wildman–Crippen LogP) is 4.38. The topological polar surface area (TPSA) is 137 Å². The van der Waals surface area contributed by atoms with Crippen molar-refractivity contribution in [3.05, 3.63) is 63.7 Å². The lowest BCUT2D eigenvalue weighted by molar-refractivity contribution is 0.0719. The third kappa shape index (κ3) is 5.77. The van der Waals surface area contributed by atoms with Crippen molar-refractivity contribution in [3.63, 3.8) is 0 Å². The first-order valence-electron chi connectivity index (χ1n) is 11.4. The normalized spacial score (nSPS) is 12.3. The van der Waals surface area contributed by atoms with Crippen molar-refractivity contribution in [1.82, 2.24) is 19.8 Å². The molecule has 36 heavy (non-hydrogen) atoms. The van der Waals surface area contributed by atoms with E-state index in [-0.39, 0.29) is 22.8 Å². The number of rotatable bonds is 7. The highest BCUT2D eigenvalue weighted by Crippen LogP contribution is 2.30. The average molecular weight is 516 g/mol. The molecule has 0 bridgehead atoms. The Hall–Kier alpha value is -3.63. The van der Waals surface area contributed by atoms with Crippen molar-refractivity contribution in [1.29, 1.82) is 0 Å². The molecule has 4 N–H and O–H groups in total. The Balaban J connectivity index is 2.19. The van der Waals surface area contributed by atoms with Crippen molar-refractivity contribution >= 4 is 40.3 Å². The zero-order valence-corrected chi connectivity index (χ0v) is 21.3. The molecule has 0 aliphatic rings. The molecule has 10 nitrogen and oxygen atoms in total. The van der Waals surface area contributed by atoms with Crippen LogP contribution in [0.2, 0.25) is 5.02 Å². The summed E-state index contributed by atoms with van der Waals surface area (Å²) in [5, 5.41) is 24.6. The van der Waals surface area contributed by atoms with Gasteiger partial charge in [-0.05, 0) is 64.4 Å². The summed E-state index contributed by atoms with van der Waals surface area (Å²) in [6.45, 7) is 7.21. The van der Waals surface area contributed by atoms with Crippen LogP contribution in [-0.2, 0) is 0 Å². The summed E-state index contributed by atoms with van der Waals surface area (Å²) >= 11 is 6.36. The molecule has 1 atom stereocenters. The lowest BCUT2D eigenvalue weighted by Gasteiger charge is -2.38. The number of nitrogens with zero attached hydrogens (tertiary/aromatic N) is 3. The summed E-state index contributed by atoms with van der Waals surface area (Å²) < 4.78 is 1.33. The van der Waals surface area contributed by atoms with E-state index >= 15 is 0 Å². The third-order valence-electron chi connectivity index (χ3n) is 5.55. The van der Waals surface area contributed by atoms with Crippen molar-refractivity contribution < 1.29 is 19.8 Å². The standard InChI is InChI=1S/C25H30ClN5O5/c1-15(31(24(35)36)25(2,3)4)21-29-19-11-6-10-18(26)20(19)22(33)30(21)17-9-5-8-16(14-17)28-23(34)27-12-7-13-32/h5-6,8-11,14-15,32H,7,12-13H2,1-4H3,(H,35,36)(H2,27,28,34)/t15-/m0/s1. The molecule has 1 heterocycles. The van der Waals surface area contributed by atoms with Gasteiger partial charge >= 0.3 is 12.1 Å². The zero-order chi connectivity index (χ0) is 26.6. The summed E-state index contributed by atoms with van der Waals surface area (Å²) in [6.07, 6.45) is -0.737. The first kappa shape index (κ1) is 27.0. The average Bonchev–Trinajstić information content (AvgIpc) is 2.78. The summed E-state index contributed by atoms with van der Waals surface area (Å²) in [4.78, 5) is 44.1. The Morgan fingerprint density at radius 2 is 1.89 bits per heavy atom. The van der Waals surface area contributed by atoms with Crippen molar-refractivity contribution in [3.8, 4) is 5.69 Å². The van der Waals surface area contributed by atoms with Crippen LogP contribution in [0, 0.1) is 0 Å². The fourth-order valence-electron chi connectivity index (χ4n) is 4.06. The summed E-state index contributed by atoms with van der Waals surface area (Å²) in [5.74, 6) is 0.205. The van der Waals surface area contributed by atoms with E-state index in [9.17, 15) is 19.5 Å². The molecular formula is C25H30ClN5O5. The maximum absolute atomic E-state index is 13.8. The number of carbonyl (C=O) groups excluding carboxylic acids is 1. The third-order valence-corrected chi connectivity index (χ3v) is 5.86. The van der Waals surface area contributed by atoms with E-state index in [4.69, 9.17) is 16.7 Å². The number of nitrogens with one attached hydrogen (secondary N) is 2. The fourth-order valence-corrected chi connectivity index (χ4v) is 4.32. The molecule has 0 aliphatic heterocycles. The van der Waals surface area contributed by atoms with E-state index < -0.39 is 29.3 Å². The molecule has 3 amide bonds. The number of carbonyl (C=O) groups is 2. The van der Waals surface area contributed by atoms with Gasteiger partial charge < -0.3 is 20.8 Å². The van der Waals surface area contributed by atoms with Gasteiger partial charge in [-0.2, -0.15) is 0 Å². The first-order valence-corrected chi connectivity index (χ1v) is 11.8. The maximum Gasteiger partial charge on any atom is 0.408 e. The van der Waals surface area contributed by atoms with Crippen LogP contribution in [0.15, 0.2) is 47.3 Å². The van der Waals surface area contributed by atoms with Gasteiger partial charge in [0.05, 0.1) is 27.7 Å². The van der Waals surface area contributed by atoms with Crippen LogP contribution >= 0.6 is 11.6 Å². The Kier molecular flexibility index (Phi) is 8.21. The Labute approximate surface area is 213 Å². The summed E-state index contributed by atoms with van der Waals surface area (Å²) in [7, 11) is 0. The van der Waals surface area contributed by atoms with E-state index in [0.29, 0.717) is 29.9 Å². The van der Waals surface area contributed by atoms with Gasteiger partial charge in [0.15, 0.2) is 0 Å². The molecular weight excluding hydrogens is 486 g/mol. The molecule has 0 saturated carbocycles. The number of aliphatic hydroxyl groups excluding tert-OH is 1. The summed E-state index contributed by atoms with van der Waals surface area (Å²) in [5.41, 5.74) is -0.112. The van der Waals surface area contributed by atoms with E-state index in [0.717, 1.165) is 0 Å². The highest BCUT2D eigenvalue weighted by atomic mass is 35.5. The molecule has 0 spiro atoms. The monoisotopic (exact) mass is 515 g/mol. The van der Waals surface area contributed by atoms with Crippen LogP contribution in [0.5, 0.6) is 0 Å². The van der Waals surface area contributed by atoms with Crippen LogP contribution in [0.25, 0.3) is 16.6 Å². The van der Waals surface area contributed by atoms with Gasteiger partial charge in [0.1, 0.15) is 5.82 Å². The quantitative estimate of drug-likeness (QED) is 0.344. The molecule has 2 aromatic carbocycles. The fraction of sp³-hybridized carbons (Fsp3) is 0.360. The SMILES string of the molecule is C[C@@H](c1nc2cccc(Cl)c2c(=O)n1-c1cccc(NC(=O)NCCCO)c1)N(C(=O)O)C(C)(C)C. The molecule has 1 aromatic heterocycles. The van der Waals surface area contributed by atoms with Gasteiger partial charge in [0.2, 0.25) is 0 Å². The second-order valence-corrected chi connectivity index (χ2v) is 9.66. The number of carboxylic acid groups (broad SMARTS) is 1. The van der Waals surface area contributed by atoms with Crippen LogP contribution in [0.3, 0.4) is 0 Å². The number of aromatic nitrogens is 2. The number of anilines is 1. The zero-order valence-electron chi connectivity index (χ0n) is 20.6. The van der Waals surface area contributed by atoms with Crippen molar-refractivity contribution in [2.45, 2.75) is 45.7 Å². The second kappa shape index (κ2) is 11.0. The van der Waals surface area contributed by atoms with Gasteiger partial charge in [-0.3, -0.25) is 14.3 Å². The van der Waals surface area contributed by atoms with Gasteiger partial charge in [0, 0.05) is 24.4 Å². The minimum Gasteiger partial charge on any atom is -0.465 e. The number of halogens is 1. The molecule has 0 unspecified atom stereocenters. The molecule has 11 heteroatoms. The molecule has 0 aliphatic carbocycles. The largest absolute Gasteiger partial charge is 0.465 e. The van der Waals surface area contributed by atoms with Crippen LogP contribution in [0.4, 0.5) is 15.3 Å². The summed E-state index contributed by atoms with van der Waals surface area (Å²) in [6, 6.07) is 10.2. The lowest BCUT2D eigenvalue weighted by Crippen LogP contribution is -2.47. The highest BCUT2D eigenvalue weighted by molar-refractivity contribution is 6.35. The van der Waals surface area contributed by atoms with E-state index in [1.807, 2.05) is 0 Å². The van der Waals surface area contributed by atoms with Gasteiger partial charge in [0.25, 0.3) is 5.56 Å². The van der Waals surface area contributed by atoms with Crippen molar-refractivity contribution in [2.75, 3.05) is 18.5 Å². The first-order chi connectivity index (χ1) is 17.0. The van der Waals surface area contributed by atoms with Gasteiger partial charge in [-0.1, -0.05) is 23.7 Å². The molecule has 0 fully saturated rings. The number of aliphatic hydroxyl groups is 1. The van der Waals surface area contributed by atoms with Crippen LogP contribution in [-0.4, -0.2) is 55.5 Å². The number of fused-ring (bicyclic) bond motifs is 1. The predicted molar refractivity (Wildman–Crippen MR) is 139 cm³/mol. The Morgan fingerprint density at radius 3 is 2.53 bits per heavy atom. The number of benzene rings is 2. The van der Waals surface area contributed by atoms with Crippen LogP contribution < -0.4 is 16.2 Å². The molecule has 192 valence electrons. The number of hydrogen-bond acceptors (Lipinski definition) is 5. The number of hydrogen-bond donors (Lipinski definition) is 4. The molecule has 3 rings (SSSR count). The van der Waals surface area contributed by atoms with E-state index in [1.54, 1.807) is 70.2 Å². The molecule has 0 saturated heterocycles. The Morgan fingerprint density at radius 1 is 1.19 bits per heavy atom. The number of urea groups is 1. The Bertz CT molecular complexity index is 1330. The smallest absolute Gasteiger partial charge is 0.408 e. The maximum atomic E-state index is 13.8. The number of amides is 3. The minimum absolute atomic E-state index is 0.0426. The second-order valence-electron chi connectivity index (χ2n) is 9.25. The van der Waals surface area contributed by atoms with E-state index in [2.05, 4.69) is 15.6 Å². The van der Waals surface area contributed by atoms with E-state index in [1.165, 1.54) is 9.47 Å². The van der Waals surface area contributed by atoms with Gasteiger partial charge in [-0.15, -0.1) is 0 Å². The lowest BCUT2D eigenvalue weighted by atomic mass is 10.0. The molecule has 3 aromatic rings. The minimum atomic E-state index is -1.16. The van der Waals surface area contributed by atoms with Gasteiger partial charge in [-0.25, -0.2) is 14.6 Å². The molecule has 0 radical (unpaired) electrons. The highest BCUT2D eigenvalue weighted by Gasteiger charge is 2.34.